The minimum atomic E-state index is 0.00304. The highest BCUT2D eigenvalue weighted by Gasteiger charge is 2.25. The van der Waals surface area contributed by atoms with Gasteiger partial charge < -0.3 is 9.80 Å². The molecule has 2 heterocycles. The van der Waals surface area contributed by atoms with E-state index in [1.165, 1.54) is 16.9 Å². The van der Waals surface area contributed by atoms with Crippen molar-refractivity contribution in [3.63, 3.8) is 0 Å². The molecule has 2 amide bonds. The molecule has 1 aromatic heterocycles. The normalized spacial score (nSPS) is 14.7. The summed E-state index contributed by atoms with van der Waals surface area (Å²) in [5, 5.41) is 0. The number of benzene rings is 1. The fourth-order valence-electron chi connectivity index (χ4n) is 2.80. The number of aryl methyl sites for hydroxylation is 1. The first-order valence-corrected chi connectivity index (χ1v) is 9.19. The Kier molecular flexibility index (Phi) is 5.53. The van der Waals surface area contributed by atoms with Crippen molar-refractivity contribution in [1.29, 1.82) is 0 Å². The van der Waals surface area contributed by atoms with E-state index < -0.39 is 0 Å². The summed E-state index contributed by atoms with van der Waals surface area (Å²) < 4.78 is 0.619. The zero-order valence-corrected chi connectivity index (χ0v) is 14.9. The van der Waals surface area contributed by atoms with Crippen molar-refractivity contribution in [2.75, 3.05) is 26.2 Å². The van der Waals surface area contributed by atoms with Crippen LogP contribution < -0.4 is 0 Å². The van der Waals surface area contributed by atoms with E-state index in [9.17, 15) is 9.59 Å². The van der Waals surface area contributed by atoms with Crippen LogP contribution in [-0.4, -0.2) is 47.8 Å². The van der Waals surface area contributed by atoms with Crippen molar-refractivity contribution in [2.24, 2.45) is 0 Å². The van der Waals surface area contributed by atoms with Gasteiger partial charge in [-0.1, -0.05) is 41.9 Å². The van der Waals surface area contributed by atoms with E-state index in [0.29, 0.717) is 41.8 Å². The van der Waals surface area contributed by atoms with E-state index in [4.69, 9.17) is 11.6 Å². The van der Waals surface area contributed by atoms with E-state index in [1.807, 2.05) is 35.2 Å². The number of piperazine rings is 1. The van der Waals surface area contributed by atoms with Gasteiger partial charge in [-0.3, -0.25) is 9.59 Å². The maximum absolute atomic E-state index is 12.4. The fourth-order valence-corrected chi connectivity index (χ4v) is 3.81. The van der Waals surface area contributed by atoms with Crippen LogP contribution in [0.5, 0.6) is 0 Å². The topological polar surface area (TPSA) is 40.6 Å². The quantitative estimate of drug-likeness (QED) is 0.837. The van der Waals surface area contributed by atoms with Gasteiger partial charge in [0.15, 0.2) is 0 Å². The zero-order chi connectivity index (χ0) is 16.9. The summed E-state index contributed by atoms with van der Waals surface area (Å²) in [4.78, 5) is 29.0. The smallest absolute Gasteiger partial charge is 0.264 e. The first-order valence-electron chi connectivity index (χ1n) is 8.00. The monoisotopic (exact) mass is 362 g/mol. The van der Waals surface area contributed by atoms with Gasteiger partial charge in [-0.05, 0) is 24.1 Å². The summed E-state index contributed by atoms with van der Waals surface area (Å²) in [6.07, 6.45) is 1.27. The number of thiophene rings is 1. The molecule has 24 heavy (non-hydrogen) atoms. The van der Waals surface area contributed by atoms with Crippen LogP contribution in [-0.2, 0) is 11.2 Å². The van der Waals surface area contributed by atoms with Crippen molar-refractivity contribution >= 4 is 34.8 Å². The molecule has 1 saturated heterocycles. The largest absolute Gasteiger partial charge is 0.339 e. The molecule has 0 N–H and O–H groups in total. The molecule has 0 saturated carbocycles. The summed E-state index contributed by atoms with van der Waals surface area (Å²) in [7, 11) is 0. The molecule has 0 unspecified atom stereocenters. The van der Waals surface area contributed by atoms with Crippen molar-refractivity contribution in [3.8, 4) is 0 Å². The lowest BCUT2D eigenvalue weighted by Crippen LogP contribution is -2.50. The summed E-state index contributed by atoms with van der Waals surface area (Å²) in [5.41, 5.74) is 1.18. The van der Waals surface area contributed by atoms with Crippen LogP contribution in [0.4, 0.5) is 0 Å². The first-order chi connectivity index (χ1) is 11.6. The maximum Gasteiger partial charge on any atom is 0.264 e. The van der Waals surface area contributed by atoms with Gasteiger partial charge in [0.05, 0.1) is 9.21 Å². The van der Waals surface area contributed by atoms with E-state index in [0.717, 1.165) is 6.42 Å². The van der Waals surface area contributed by atoms with Gasteiger partial charge in [0.25, 0.3) is 5.91 Å². The lowest BCUT2D eigenvalue weighted by Gasteiger charge is -2.34. The summed E-state index contributed by atoms with van der Waals surface area (Å²) in [6.45, 7) is 2.34. The third-order valence-electron chi connectivity index (χ3n) is 4.17. The molecule has 0 radical (unpaired) electrons. The SMILES string of the molecule is O=C(CCc1ccccc1)N1CCN(C(=O)c2ccc(Cl)s2)CC1. The lowest BCUT2D eigenvalue weighted by molar-refractivity contribution is -0.132. The highest BCUT2D eigenvalue weighted by Crippen LogP contribution is 2.23. The van der Waals surface area contributed by atoms with Crippen LogP contribution in [0.2, 0.25) is 4.34 Å². The van der Waals surface area contributed by atoms with Crippen LogP contribution in [0.25, 0.3) is 0 Å². The average molecular weight is 363 g/mol. The minimum Gasteiger partial charge on any atom is -0.339 e. The number of hydrogen-bond donors (Lipinski definition) is 0. The minimum absolute atomic E-state index is 0.00304. The molecule has 1 fully saturated rings. The summed E-state index contributed by atoms with van der Waals surface area (Å²) >= 11 is 7.18. The van der Waals surface area contributed by atoms with Gasteiger partial charge >= 0.3 is 0 Å². The Morgan fingerprint density at radius 3 is 2.25 bits per heavy atom. The molecule has 6 heteroatoms. The van der Waals surface area contributed by atoms with Gasteiger partial charge in [0.2, 0.25) is 5.91 Å². The van der Waals surface area contributed by atoms with Gasteiger partial charge in [-0.2, -0.15) is 0 Å². The van der Waals surface area contributed by atoms with E-state index in [2.05, 4.69) is 0 Å². The number of nitrogens with zero attached hydrogens (tertiary/aromatic N) is 2. The van der Waals surface area contributed by atoms with Crippen molar-refractivity contribution in [3.05, 3.63) is 57.2 Å². The number of halogens is 1. The Morgan fingerprint density at radius 2 is 1.62 bits per heavy atom. The summed E-state index contributed by atoms with van der Waals surface area (Å²) in [5.74, 6) is 0.161. The van der Waals surface area contributed by atoms with Gasteiger partial charge in [-0.15, -0.1) is 11.3 Å². The van der Waals surface area contributed by atoms with Crippen molar-refractivity contribution < 1.29 is 9.59 Å². The molecule has 2 aromatic rings. The second kappa shape index (κ2) is 7.81. The summed E-state index contributed by atoms with van der Waals surface area (Å²) in [6, 6.07) is 13.5. The molecule has 0 atom stereocenters. The van der Waals surface area contributed by atoms with Crippen LogP contribution in [0, 0.1) is 0 Å². The Balaban J connectivity index is 1.47. The molecule has 1 aliphatic heterocycles. The molecular formula is C18H19ClN2O2S. The molecule has 4 nitrogen and oxygen atoms in total. The molecule has 126 valence electrons. The average Bonchev–Trinajstić information content (AvgIpc) is 3.06. The van der Waals surface area contributed by atoms with Crippen LogP contribution in [0.3, 0.4) is 0 Å². The Bertz CT molecular complexity index is 709. The Hall–Kier alpha value is -1.85. The van der Waals surface area contributed by atoms with E-state index in [-0.39, 0.29) is 11.8 Å². The van der Waals surface area contributed by atoms with Crippen molar-refractivity contribution in [2.45, 2.75) is 12.8 Å². The van der Waals surface area contributed by atoms with Crippen LogP contribution >= 0.6 is 22.9 Å². The highest BCUT2D eigenvalue weighted by molar-refractivity contribution is 7.17. The predicted octanol–water partition coefficient (Wildman–Crippen LogP) is 3.32. The number of amides is 2. The van der Waals surface area contributed by atoms with Crippen LogP contribution in [0.15, 0.2) is 42.5 Å². The molecule has 0 spiro atoms. The van der Waals surface area contributed by atoms with Crippen LogP contribution in [0.1, 0.15) is 21.7 Å². The third-order valence-corrected chi connectivity index (χ3v) is 5.39. The molecule has 3 rings (SSSR count). The number of rotatable bonds is 4. The lowest BCUT2D eigenvalue weighted by atomic mass is 10.1. The standard InChI is InChI=1S/C18H19ClN2O2S/c19-16-8-7-15(24-16)18(23)21-12-10-20(11-13-21)17(22)9-6-14-4-2-1-3-5-14/h1-5,7-8H,6,9-13H2. The number of carbonyl (C=O) groups is 2. The number of hydrogen-bond acceptors (Lipinski definition) is 3. The highest BCUT2D eigenvalue weighted by atomic mass is 35.5. The molecule has 1 aliphatic rings. The van der Waals surface area contributed by atoms with E-state index in [1.54, 1.807) is 17.0 Å². The molecule has 1 aromatic carbocycles. The fraction of sp³-hybridized carbons (Fsp3) is 0.333. The molecule has 0 bridgehead atoms. The van der Waals surface area contributed by atoms with Gasteiger partial charge in [0, 0.05) is 32.6 Å². The molecule has 0 aliphatic carbocycles. The predicted molar refractivity (Wildman–Crippen MR) is 96.6 cm³/mol. The van der Waals surface area contributed by atoms with E-state index >= 15 is 0 Å². The second-order valence-electron chi connectivity index (χ2n) is 5.76. The second-order valence-corrected chi connectivity index (χ2v) is 7.48. The van der Waals surface area contributed by atoms with Gasteiger partial charge in [0.1, 0.15) is 0 Å². The number of carbonyl (C=O) groups excluding carboxylic acids is 2. The zero-order valence-electron chi connectivity index (χ0n) is 13.3. The Labute approximate surface area is 150 Å². The maximum atomic E-state index is 12.4. The third kappa shape index (κ3) is 4.16. The molecular weight excluding hydrogens is 344 g/mol. The van der Waals surface area contributed by atoms with Crippen molar-refractivity contribution in [1.82, 2.24) is 9.80 Å². The first kappa shape index (κ1) is 17.0. The Morgan fingerprint density at radius 1 is 0.958 bits per heavy atom. The van der Waals surface area contributed by atoms with Gasteiger partial charge in [-0.25, -0.2) is 0 Å².